The van der Waals surface area contributed by atoms with E-state index in [0.717, 1.165) is 25.0 Å². The molecule has 0 radical (unpaired) electrons. The minimum atomic E-state index is 0.540. The van der Waals surface area contributed by atoms with Crippen molar-refractivity contribution in [3.05, 3.63) is 18.2 Å². The summed E-state index contributed by atoms with van der Waals surface area (Å²) in [4.78, 5) is 6.82. The zero-order chi connectivity index (χ0) is 12.5. The fraction of sp³-hybridized carbons (Fsp3) is 0.786. The molecule has 2 atom stereocenters. The van der Waals surface area contributed by atoms with Gasteiger partial charge in [0.05, 0.1) is 18.1 Å². The minimum Gasteiger partial charge on any atom is -0.333 e. The number of hydrogen-bond acceptors (Lipinski definition) is 3. The van der Waals surface area contributed by atoms with Crippen LogP contribution in [0.1, 0.15) is 37.9 Å². The summed E-state index contributed by atoms with van der Waals surface area (Å²) in [6.07, 6.45) is 8.07. The minimum absolute atomic E-state index is 0.540. The predicted molar refractivity (Wildman–Crippen MR) is 72.4 cm³/mol. The van der Waals surface area contributed by atoms with Gasteiger partial charge in [-0.1, -0.05) is 0 Å². The summed E-state index contributed by atoms with van der Waals surface area (Å²) in [5.74, 6) is 0.734. The van der Waals surface area contributed by atoms with Crippen LogP contribution in [0.3, 0.4) is 0 Å². The van der Waals surface area contributed by atoms with Crippen molar-refractivity contribution >= 4 is 0 Å². The first-order valence-electron chi connectivity index (χ1n) is 7.23. The molecule has 18 heavy (non-hydrogen) atoms. The van der Waals surface area contributed by atoms with Gasteiger partial charge in [0.25, 0.3) is 0 Å². The maximum absolute atomic E-state index is 4.33. The third-order valence-electron chi connectivity index (χ3n) is 4.41. The lowest BCUT2D eigenvalue weighted by Crippen LogP contribution is -2.30. The highest BCUT2D eigenvalue weighted by molar-refractivity contribution is 5.10. The summed E-state index contributed by atoms with van der Waals surface area (Å²) < 4.78 is 2.29. The third-order valence-corrected chi connectivity index (χ3v) is 4.41. The van der Waals surface area contributed by atoms with Crippen LogP contribution in [-0.2, 0) is 6.54 Å². The van der Waals surface area contributed by atoms with Gasteiger partial charge in [0, 0.05) is 25.3 Å². The van der Waals surface area contributed by atoms with Gasteiger partial charge in [-0.25, -0.2) is 4.98 Å². The molecular formula is C14H24N4. The van der Waals surface area contributed by atoms with E-state index in [1.54, 1.807) is 0 Å². The van der Waals surface area contributed by atoms with E-state index in [1.807, 2.05) is 6.33 Å². The standard InChI is InChI=1S/C14H24N4/c1-3-18-10-15-9-13(18)14-11(6-7-17(14)2)8-16-12-4-5-12/h9-12,14,16H,3-8H2,1-2H3. The van der Waals surface area contributed by atoms with Gasteiger partial charge in [0.2, 0.25) is 0 Å². The van der Waals surface area contributed by atoms with E-state index >= 15 is 0 Å². The lowest BCUT2D eigenvalue weighted by atomic mass is 9.97. The van der Waals surface area contributed by atoms with Crippen molar-refractivity contribution in [2.45, 2.75) is 44.8 Å². The van der Waals surface area contributed by atoms with Gasteiger partial charge in [-0.2, -0.15) is 0 Å². The van der Waals surface area contributed by atoms with Gasteiger partial charge in [-0.05, 0) is 45.7 Å². The molecule has 0 spiro atoms. The number of nitrogens with zero attached hydrogens (tertiary/aromatic N) is 3. The number of likely N-dealkylation sites (tertiary alicyclic amines) is 1. The Morgan fingerprint density at radius 1 is 1.39 bits per heavy atom. The van der Waals surface area contributed by atoms with Crippen LogP contribution in [-0.4, -0.2) is 40.6 Å². The van der Waals surface area contributed by atoms with E-state index in [2.05, 4.69) is 39.9 Å². The Kier molecular flexibility index (Phi) is 3.39. The van der Waals surface area contributed by atoms with Crippen LogP contribution in [0.5, 0.6) is 0 Å². The van der Waals surface area contributed by atoms with E-state index in [9.17, 15) is 0 Å². The van der Waals surface area contributed by atoms with Crippen molar-refractivity contribution in [3.63, 3.8) is 0 Å². The molecule has 1 aromatic rings. The maximum atomic E-state index is 4.33. The maximum Gasteiger partial charge on any atom is 0.0948 e. The van der Waals surface area contributed by atoms with Gasteiger partial charge in [0.1, 0.15) is 0 Å². The smallest absolute Gasteiger partial charge is 0.0948 e. The quantitative estimate of drug-likeness (QED) is 0.860. The number of aryl methyl sites for hydroxylation is 1. The summed E-state index contributed by atoms with van der Waals surface area (Å²) in [5, 5.41) is 3.69. The topological polar surface area (TPSA) is 33.1 Å². The van der Waals surface area contributed by atoms with E-state index in [0.29, 0.717) is 6.04 Å². The Bertz CT molecular complexity index is 396. The van der Waals surface area contributed by atoms with Crippen molar-refractivity contribution in [2.75, 3.05) is 20.1 Å². The van der Waals surface area contributed by atoms with E-state index < -0.39 is 0 Å². The molecule has 0 bridgehead atoms. The summed E-state index contributed by atoms with van der Waals surface area (Å²) in [7, 11) is 2.24. The predicted octanol–water partition coefficient (Wildman–Crippen LogP) is 1.65. The second-order valence-corrected chi connectivity index (χ2v) is 5.76. The summed E-state index contributed by atoms with van der Waals surface area (Å²) in [6.45, 7) is 5.57. The monoisotopic (exact) mass is 248 g/mol. The van der Waals surface area contributed by atoms with Crippen LogP contribution in [0.15, 0.2) is 12.5 Å². The van der Waals surface area contributed by atoms with Gasteiger partial charge in [0.15, 0.2) is 0 Å². The van der Waals surface area contributed by atoms with E-state index in [-0.39, 0.29) is 0 Å². The van der Waals surface area contributed by atoms with Crippen LogP contribution in [0.4, 0.5) is 0 Å². The number of imidazole rings is 1. The van der Waals surface area contributed by atoms with Gasteiger partial charge in [-0.3, -0.25) is 4.90 Å². The summed E-state index contributed by atoms with van der Waals surface area (Å²) >= 11 is 0. The van der Waals surface area contributed by atoms with Crippen molar-refractivity contribution < 1.29 is 0 Å². The highest BCUT2D eigenvalue weighted by Gasteiger charge is 2.35. The summed E-state index contributed by atoms with van der Waals surface area (Å²) in [6, 6.07) is 1.35. The third kappa shape index (κ3) is 2.31. The number of rotatable bonds is 5. The highest BCUT2D eigenvalue weighted by atomic mass is 15.2. The van der Waals surface area contributed by atoms with Gasteiger partial charge < -0.3 is 9.88 Å². The molecule has 2 unspecified atom stereocenters. The fourth-order valence-electron chi connectivity index (χ4n) is 3.15. The molecular weight excluding hydrogens is 224 g/mol. The van der Waals surface area contributed by atoms with E-state index in [1.165, 1.54) is 31.5 Å². The van der Waals surface area contributed by atoms with E-state index in [4.69, 9.17) is 0 Å². The molecule has 1 aliphatic carbocycles. The molecule has 1 aromatic heterocycles. The normalized spacial score (nSPS) is 29.0. The Hall–Kier alpha value is -0.870. The van der Waals surface area contributed by atoms with Crippen LogP contribution in [0, 0.1) is 5.92 Å². The molecule has 1 N–H and O–H groups in total. The number of nitrogens with one attached hydrogen (secondary N) is 1. The SMILES string of the molecule is CCn1cncc1C1C(CNC2CC2)CCN1C. The molecule has 4 nitrogen and oxygen atoms in total. The average Bonchev–Trinajstić information content (AvgIpc) is 2.96. The second-order valence-electron chi connectivity index (χ2n) is 5.76. The molecule has 100 valence electrons. The Labute approximate surface area is 109 Å². The Morgan fingerprint density at radius 3 is 2.94 bits per heavy atom. The largest absolute Gasteiger partial charge is 0.333 e. The first kappa shape index (κ1) is 12.2. The zero-order valence-corrected chi connectivity index (χ0v) is 11.5. The highest BCUT2D eigenvalue weighted by Crippen LogP contribution is 2.36. The zero-order valence-electron chi connectivity index (χ0n) is 11.5. The van der Waals surface area contributed by atoms with Crippen molar-refractivity contribution in [3.8, 4) is 0 Å². The summed E-state index contributed by atoms with van der Waals surface area (Å²) in [5.41, 5.74) is 1.39. The lowest BCUT2D eigenvalue weighted by molar-refractivity contribution is 0.260. The van der Waals surface area contributed by atoms with Crippen LogP contribution < -0.4 is 5.32 Å². The molecule has 2 fully saturated rings. The number of hydrogen-bond donors (Lipinski definition) is 1. The molecule has 0 amide bonds. The molecule has 2 aliphatic rings. The first-order chi connectivity index (χ1) is 8.79. The lowest BCUT2D eigenvalue weighted by Gasteiger charge is -2.26. The Balaban J connectivity index is 1.73. The molecule has 4 heteroatoms. The molecule has 1 saturated heterocycles. The first-order valence-corrected chi connectivity index (χ1v) is 7.23. The van der Waals surface area contributed by atoms with Gasteiger partial charge >= 0.3 is 0 Å². The Morgan fingerprint density at radius 2 is 2.22 bits per heavy atom. The molecule has 1 aliphatic heterocycles. The second kappa shape index (κ2) is 5.02. The van der Waals surface area contributed by atoms with Crippen molar-refractivity contribution in [2.24, 2.45) is 5.92 Å². The fourth-order valence-corrected chi connectivity index (χ4v) is 3.15. The van der Waals surface area contributed by atoms with Crippen LogP contribution >= 0.6 is 0 Å². The molecule has 3 rings (SSSR count). The van der Waals surface area contributed by atoms with Crippen molar-refractivity contribution in [1.29, 1.82) is 0 Å². The van der Waals surface area contributed by atoms with Crippen LogP contribution in [0.2, 0.25) is 0 Å². The van der Waals surface area contributed by atoms with Gasteiger partial charge in [-0.15, -0.1) is 0 Å². The molecule has 0 aromatic carbocycles. The van der Waals surface area contributed by atoms with Crippen molar-refractivity contribution in [1.82, 2.24) is 19.8 Å². The molecule has 1 saturated carbocycles. The average molecular weight is 248 g/mol. The van der Waals surface area contributed by atoms with Crippen LogP contribution in [0.25, 0.3) is 0 Å². The number of aromatic nitrogens is 2. The molecule has 2 heterocycles.